The van der Waals surface area contributed by atoms with Crippen molar-refractivity contribution in [2.75, 3.05) is 0 Å². The highest BCUT2D eigenvalue weighted by atomic mass is 19.4. The lowest BCUT2D eigenvalue weighted by Gasteiger charge is -2.13. The number of benzene rings is 4. The molecule has 0 aliphatic carbocycles. The van der Waals surface area contributed by atoms with Crippen LogP contribution in [-0.2, 0) is 6.18 Å². The van der Waals surface area contributed by atoms with Gasteiger partial charge in [0, 0.05) is 0 Å². The Morgan fingerprint density at radius 1 is 0.393 bits per heavy atom. The molecule has 0 saturated heterocycles. The first-order valence-corrected chi connectivity index (χ1v) is 8.95. The van der Waals surface area contributed by atoms with Gasteiger partial charge < -0.3 is 0 Å². The van der Waals surface area contributed by atoms with E-state index in [1.807, 2.05) is 42.5 Å². The first kappa shape index (κ1) is 18.1. The van der Waals surface area contributed by atoms with Crippen molar-refractivity contribution in [2.45, 2.75) is 6.18 Å². The van der Waals surface area contributed by atoms with Crippen LogP contribution in [0.5, 0.6) is 0 Å². The Morgan fingerprint density at radius 2 is 0.786 bits per heavy atom. The van der Waals surface area contributed by atoms with Gasteiger partial charge in [-0.05, 0) is 39.4 Å². The minimum absolute atomic E-state index is 0.195. The Labute approximate surface area is 161 Å². The molecule has 4 aromatic rings. The van der Waals surface area contributed by atoms with Crippen LogP contribution in [-0.4, -0.2) is 0 Å². The van der Waals surface area contributed by atoms with Crippen LogP contribution in [0.1, 0.15) is 5.56 Å². The van der Waals surface area contributed by atoms with Gasteiger partial charge in [0.15, 0.2) is 0 Å². The van der Waals surface area contributed by atoms with E-state index in [9.17, 15) is 13.2 Å². The minimum atomic E-state index is -4.37. The van der Waals surface area contributed by atoms with Gasteiger partial charge in [-0.1, -0.05) is 97.1 Å². The van der Waals surface area contributed by atoms with E-state index in [-0.39, 0.29) is 5.56 Å². The van der Waals surface area contributed by atoms with E-state index in [1.165, 1.54) is 12.1 Å². The molecule has 0 aliphatic heterocycles. The average molecular weight is 374 g/mol. The van der Waals surface area contributed by atoms with Gasteiger partial charge in [-0.3, -0.25) is 0 Å². The second kappa shape index (κ2) is 7.35. The Bertz CT molecular complexity index is 1060. The molecule has 0 aromatic heterocycles. The van der Waals surface area contributed by atoms with Crippen LogP contribution < -0.4 is 0 Å². The summed E-state index contributed by atoms with van der Waals surface area (Å²) in [5.41, 5.74) is 4.39. The molecule has 0 radical (unpaired) electrons. The summed E-state index contributed by atoms with van der Waals surface area (Å²) < 4.78 is 39.8. The average Bonchev–Trinajstić information content (AvgIpc) is 2.74. The van der Waals surface area contributed by atoms with Crippen LogP contribution >= 0.6 is 0 Å². The Kier molecular flexibility index (Phi) is 4.74. The van der Waals surface area contributed by atoms with Gasteiger partial charge in [0.2, 0.25) is 0 Å². The lowest BCUT2D eigenvalue weighted by Crippen LogP contribution is -2.06. The van der Waals surface area contributed by atoms with Crippen LogP contribution in [0.2, 0.25) is 0 Å². The van der Waals surface area contributed by atoms with Gasteiger partial charge in [0.05, 0.1) is 5.56 Å². The summed E-state index contributed by atoms with van der Waals surface area (Å²) in [4.78, 5) is 0. The second-order valence-electron chi connectivity index (χ2n) is 6.56. The smallest absolute Gasteiger partial charge is 0.166 e. The molecule has 0 N–H and O–H groups in total. The highest BCUT2D eigenvalue weighted by molar-refractivity contribution is 5.74. The normalized spacial score (nSPS) is 11.4. The lowest BCUT2D eigenvalue weighted by atomic mass is 9.96. The Morgan fingerprint density at radius 3 is 1.29 bits per heavy atom. The zero-order valence-electron chi connectivity index (χ0n) is 14.9. The first-order valence-electron chi connectivity index (χ1n) is 8.95. The molecule has 0 spiro atoms. The van der Waals surface area contributed by atoms with Gasteiger partial charge in [0.25, 0.3) is 0 Å². The maximum atomic E-state index is 13.3. The van der Waals surface area contributed by atoms with E-state index >= 15 is 0 Å². The van der Waals surface area contributed by atoms with E-state index in [1.54, 1.807) is 18.2 Å². The van der Waals surface area contributed by atoms with Crippen molar-refractivity contribution in [3.05, 3.63) is 109 Å². The van der Waals surface area contributed by atoms with Gasteiger partial charge in [-0.15, -0.1) is 0 Å². The quantitative estimate of drug-likeness (QED) is 0.344. The van der Waals surface area contributed by atoms with Crippen molar-refractivity contribution < 1.29 is 13.2 Å². The topological polar surface area (TPSA) is 0 Å². The predicted molar refractivity (Wildman–Crippen MR) is 108 cm³/mol. The minimum Gasteiger partial charge on any atom is -0.166 e. The third-order valence-corrected chi connectivity index (χ3v) is 4.75. The molecular formula is C25H17F3. The van der Waals surface area contributed by atoms with E-state index in [2.05, 4.69) is 24.3 Å². The fourth-order valence-electron chi connectivity index (χ4n) is 3.31. The maximum Gasteiger partial charge on any atom is 0.417 e. The van der Waals surface area contributed by atoms with E-state index < -0.39 is 11.7 Å². The molecular weight excluding hydrogens is 357 g/mol. The van der Waals surface area contributed by atoms with E-state index in [4.69, 9.17) is 0 Å². The monoisotopic (exact) mass is 374 g/mol. The molecule has 3 heteroatoms. The zero-order valence-corrected chi connectivity index (χ0v) is 14.9. The maximum absolute atomic E-state index is 13.3. The van der Waals surface area contributed by atoms with Crippen molar-refractivity contribution >= 4 is 0 Å². The molecule has 0 amide bonds. The molecule has 0 atom stereocenters. The van der Waals surface area contributed by atoms with Crippen LogP contribution in [0.3, 0.4) is 0 Å². The third-order valence-electron chi connectivity index (χ3n) is 4.75. The van der Waals surface area contributed by atoms with Gasteiger partial charge >= 0.3 is 6.18 Å². The van der Waals surface area contributed by atoms with Gasteiger partial charge in [0.1, 0.15) is 0 Å². The second-order valence-corrected chi connectivity index (χ2v) is 6.56. The highest BCUT2D eigenvalue weighted by Gasteiger charge is 2.33. The SMILES string of the molecule is FC(F)(F)c1ccccc1-c1ccc(-c2ccc(-c3ccccc3)cc2)cc1. The Balaban J connectivity index is 1.63. The van der Waals surface area contributed by atoms with Crippen molar-refractivity contribution in [1.29, 1.82) is 0 Å². The van der Waals surface area contributed by atoms with Crippen LogP contribution in [0, 0.1) is 0 Å². The number of hydrogen-bond donors (Lipinski definition) is 0. The predicted octanol–water partition coefficient (Wildman–Crippen LogP) is 7.71. The molecule has 0 unspecified atom stereocenters. The van der Waals surface area contributed by atoms with E-state index in [0.717, 1.165) is 28.3 Å². The summed E-state index contributed by atoms with van der Waals surface area (Å²) >= 11 is 0. The number of rotatable bonds is 3. The molecule has 138 valence electrons. The highest BCUT2D eigenvalue weighted by Crippen LogP contribution is 2.37. The number of alkyl halides is 3. The zero-order chi connectivity index (χ0) is 19.6. The standard InChI is InChI=1S/C25H17F3/c26-25(27,28)24-9-5-4-8-23(24)22-16-14-21(15-17-22)20-12-10-19(11-13-20)18-6-2-1-3-7-18/h1-17H. The third kappa shape index (κ3) is 3.70. The van der Waals surface area contributed by atoms with Crippen molar-refractivity contribution in [2.24, 2.45) is 0 Å². The van der Waals surface area contributed by atoms with E-state index in [0.29, 0.717) is 5.56 Å². The molecule has 0 bridgehead atoms. The lowest BCUT2D eigenvalue weighted by molar-refractivity contribution is -0.137. The molecule has 0 heterocycles. The van der Waals surface area contributed by atoms with Gasteiger partial charge in [-0.25, -0.2) is 0 Å². The molecule has 0 saturated carbocycles. The summed E-state index contributed by atoms with van der Waals surface area (Å²) in [5, 5.41) is 0. The summed E-state index contributed by atoms with van der Waals surface area (Å²) in [7, 11) is 0. The van der Waals surface area contributed by atoms with Crippen molar-refractivity contribution in [1.82, 2.24) is 0 Å². The number of halogens is 3. The first-order chi connectivity index (χ1) is 13.5. The van der Waals surface area contributed by atoms with Crippen LogP contribution in [0.4, 0.5) is 13.2 Å². The van der Waals surface area contributed by atoms with Crippen molar-refractivity contribution in [3.63, 3.8) is 0 Å². The summed E-state index contributed by atoms with van der Waals surface area (Å²) in [6.07, 6.45) is -4.37. The van der Waals surface area contributed by atoms with Crippen LogP contribution in [0.15, 0.2) is 103 Å². The Hall–Kier alpha value is -3.33. The fourth-order valence-corrected chi connectivity index (χ4v) is 3.31. The molecule has 0 aliphatic rings. The van der Waals surface area contributed by atoms with Gasteiger partial charge in [-0.2, -0.15) is 13.2 Å². The van der Waals surface area contributed by atoms with Crippen molar-refractivity contribution in [3.8, 4) is 33.4 Å². The summed E-state index contributed by atoms with van der Waals surface area (Å²) in [6.45, 7) is 0. The molecule has 28 heavy (non-hydrogen) atoms. The molecule has 0 fully saturated rings. The largest absolute Gasteiger partial charge is 0.417 e. The fraction of sp³-hybridized carbons (Fsp3) is 0.0400. The number of hydrogen-bond acceptors (Lipinski definition) is 0. The molecule has 0 nitrogen and oxygen atoms in total. The van der Waals surface area contributed by atoms with Crippen LogP contribution in [0.25, 0.3) is 33.4 Å². The summed E-state index contributed by atoms with van der Waals surface area (Å²) in [6, 6.07) is 31.1. The summed E-state index contributed by atoms with van der Waals surface area (Å²) in [5.74, 6) is 0. The molecule has 4 aromatic carbocycles. The molecule has 4 rings (SSSR count).